The lowest BCUT2D eigenvalue weighted by atomic mass is 10.2. The Bertz CT molecular complexity index is 462. The fourth-order valence-corrected chi connectivity index (χ4v) is 1.80. The summed E-state index contributed by atoms with van der Waals surface area (Å²) in [6, 6.07) is 5.19. The number of aldehydes is 1. The van der Waals surface area contributed by atoms with E-state index in [4.69, 9.17) is 4.74 Å². The predicted molar refractivity (Wildman–Crippen MR) is 77.5 cm³/mol. The highest BCUT2D eigenvalue weighted by molar-refractivity contribution is 9.10. The summed E-state index contributed by atoms with van der Waals surface area (Å²) in [5.41, 5.74) is 0.414. The maximum Gasteiger partial charge on any atom is 0.260 e. The Kier molecular flexibility index (Phi) is 6.02. The quantitative estimate of drug-likeness (QED) is 0.817. The third-order valence-corrected chi connectivity index (χ3v) is 3.27. The number of benzene rings is 1. The summed E-state index contributed by atoms with van der Waals surface area (Å²) < 4.78 is 6.32. The highest BCUT2D eigenvalue weighted by Crippen LogP contribution is 2.22. The van der Waals surface area contributed by atoms with Gasteiger partial charge in [0.15, 0.2) is 12.4 Å². The molecule has 0 aliphatic heterocycles. The molecule has 1 rings (SSSR count). The highest BCUT2D eigenvalue weighted by atomic mass is 79.9. The van der Waals surface area contributed by atoms with Gasteiger partial charge in [0.2, 0.25) is 0 Å². The van der Waals surface area contributed by atoms with Crippen molar-refractivity contribution in [2.45, 2.75) is 39.3 Å². The van der Waals surface area contributed by atoms with Crippen molar-refractivity contribution >= 4 is 28.1 Å². The van der Waals surface area contributed by atoms with Gasteiger partial charge >= 0.3 is 0 Å². The Morgan fingerprint density at radius 2 is 2.16 bits per heavy atom. The maximum absolute atomic E-state index is 11.8. The zero-order valence-corrected chi connectivity index (χ0v) is 12.9. The Balaban J connectivity index is 2.73. The van der Waals surface area contributed by atoms with Crippen LogP contribution in [0, 0.1) is 0 Å². The van der Waals surface area contributed by atoms with Gasteiger partial charge in [-0.3, -0.25) is 9.59 Å². The number of carbonyl (C=O) groups is 2. The van der Waals surface area contributed by atoms with Crippen molar-refractivity contribution in [2.75, 3.05) is 0 Å². The van der Waals surface area contributed by atoms with Crippen LogP contribution in [0.2, 0.25) is 0 Å². The first-order chi connectivity index (χ1) is 8.97. The summed E-state index contributed by atoms with van der Waals surface area (Å²) in [5.74, 6) is 0.221. The number of hydrogen-bond acceptors (Lipinski definition) is 3. The lowest BCUT2D eigenvalue weighted by Gasteiger charge is -2.18. The van der Waals surface area contributed by atoms with Gasteiger partial charge < -0.3 is 10.1 Å². The molecule has 4 nitrogen and oxygen atoms in total. The van der Waals surface area contributed by atoms with Gasteiger partial charge in [-0.15, -0.1) is 0 Å². The van der Waals surface area contributed by atoms with E-state index in [9.17, 15) is 9.59 Å². The third-order valence-electron chi connectivity index (χ3n) is 2.77. The number of halogens is 1. The average Bonchev–Trinajstić information content (AvgIpc) is 2.40. The Morgan fingerprint density at radius 1 is 1.47 bits per heavy atom. The number of ether oxygens (including phenoxy) is 1. The molecular formula is C14H18BrNO3. The minimum atomic E-state index is -0.645. The number of hydrogen-bond donors (Lipinski definition) is 1. The third kappa shape index (κ3) is 4.67. The van der Waals surface area contributed by atoms with Crippen LogP contribution in [0.15, 0.2) is 22.7 Å². The molecule has 0 saturated heterocycles. The molecule has 5 heteroatoms. The van der Waals surface area contributed by atoms with E-state index in [2.05, 4.69) is 21.2 Å². The Morgan fingerprint density at radius 3 is 2.74 bits per heavy atom. The second kappa shape index (κ2) is 7.28. The first-order valence-electron chi connectivity index (χ1n) is 6.19. The molecule has 0 aromatic heterocycles. The van der Waals surface area contributed by atoms with E-state index in [1.54, 1.807) is 25.1 Å². The van der Waals surface area contributed by atoms with Crippen LogP contribution in [-0.4, -0.2) is 24.3 Å². The Hall–Kier alpha value is -1.36. The first-order valence-corrected chi connectivity index (χ1v) is 6.99. The molecule has 0 bridgehead atoms. The molecule has 2 atom stereocenters. The van der Waals surface area contributed by atoms with Crippen LogP contribution in [0.4, 0.5) is 0 Å². The standard InChI is InChI=1S/C14H18BrNO3/c1-4-9(2)16-14(18)10(3)19-13-6-5-12(15)7-11(13)8-17/h5-10H,4H2,1-3H3,(H,16,18). The molecule has 19 heavy (non-hydrogen) atoms. The van der Waals surface area contributed by atoms with Crippen LogP contribution in [0.25, 0.3) is 0 Å². The fraction of sp³-hybridized carbons (Fsp3) is 0.429. The first kappa shape index (κ1) is 15.7. The maximum atomic E-state index is 11.8. The van der Waals surface area contributed by atoms with Gasteiger partial charge in [-0.25, -0.2) is 0 Å². The second-order valence-electron chi connectivity index (χ2n) is 4.38. The molecule has 2 unspecified atom stereocenters. The zero-order chi connectivity index (χ0) is 14.4. The van der Waals surface area contributed by atoms with Crippen molar-refractivity contribution in [1.82, 2.24) is 5.32 Å². The highest BCUT2D eigenvalue weighted by Gasteiger charge is 2.17. The van der Waals surface area contributed by atoms with Crippen LogP contribution in [0.3, 0.4) is 0 Å². The number of amides is 1. The van der Waals surface area contributed by atoms with Gasteiger partial charge in [0, 0.05) is 10.5 Å². The van der Waals surface area contributed by atoms with E-state index < -0.39 is 6.10 Å². The van der Waals surface area contributed by atoms with E-state index in [0.29, 0.717) is 17.6 Å². The summed E-state index contributed by atoms with van der Waals surface area (Å²) in [4.78, 5) is 22.8. The molecule has 1 amide bonds. The molecule has 0 spiro atoms. The van der Waals surface area contributed by atoms with Crippen molar-refractivity contribution in [3.8, 4) is 5.75 Å². The van der Waals surface area contributed by atoms with Crippen LogP contribution < -0.4 is 10.1 Å². The monoisotopic (exact) mass is 327 g/mol. The number of rotatable bonds is 6. The van der Waals surface area contributed by atoms with E-state index in [1.165, 1.54) is 0 Å². The van der Waals surface area contributed by atoms with Crippen LogP contribution in [-0.2, 0) is 4.79 Å². The summed E-state index contributed by atoms with van der Waals surface area (Å²) >= 11 is 3.28. The van der Waals surface area contributed by atoms with Crippen molar-refractivity contribution in [3.63, 3.8) is 0 Å². The smallest absolute Gasteiger partial charge is 0.260 e. The summed E-state index contributed by atoms with van der Waals surface area (Å²) in [7, 11) is 0. The lowest BCUT2D eigenvalue weighted by Crippen LogP contribution is -2.41. The van der Waals surface area contributed by atoms with Gasteiger partial charge in [0.1, 0.15) is 5.75 Å². The molecule has 0 saturated carbocycles. The minimum Gasteiger partial charge on any atom is -0.480 e. The fourth-order valence-electron chi connectivity index (χ4n) is 1.42. The van der Waals surface area contributed by atoms with Crippen molar-refractivity contribution < 1.29 is 14.3 Å². The number of carbonyl (C=O) groups excluding carboxylic acids is 2. The van der Waals surface area contributed by atoms with Gasteiger partial charge in [-0.1, -0.05) is 22.9 Å². The molecule has 1 aromatic rings. The normalized spacial score (nSPS) is 13.5. The molecular weight excluding hydrogens is 310 g/mol. The molecule has 1 N–H and O–H groups in total. The SMILES string of the molecule is CCC(C)NC(=O)C(C)Oc1ccc(Br)cc1C=O. The summed E-state index contributed by atoms with van der Waals surface area (Å²) in [6.45, 7) is 5.59. The Labute approximate surface area is 121 Å². The molecule has 0 aliphatic carbocycles. The molecule has 0 heterocycles. The van der Waals surface area contributed by atoms with Crippen LogP contribution >= 0.6 is 15.9 Å². The molecule has 0 aliphatic rings. The largest absolute Gasteiger partial charge is 0.480 e. The van der Waals surface area contributed by atoms with E-state index in [-0.39, 0.29) is 11.9 Å². The topological polar surface area (TPSA) is 55.4 Å². The zero-order valence-electron chi connectivity index (χ0n) is 11.3. The molecule has 0 radical (unpaired) electrons. The second-order valence-corrected chi connectivity index (χ2v) is 5.29. The van der Waals surface area contributed by atoms with E-state index >= 15 is 0 Å². The predicted octanol–water partition coefficient (Wildman–Crippen LogP) is 2.94. The summed E-state index contributed by atoms with van der Waals surface area (Å²) in [6.07, 6.45) is 0.921. The minimum absolute atomic E-state index is 0.106. The van der Waals surface area contributed by atoms with E-state index in [1.807, 2.05) is 13.8 Å². The van der Waals surface area contributed by atoms with Gasteiger partial charge in [-0.05, 0) is 38.5 Å². The molecule has 1 aromatic carbocycles. The summed E-state index contributed by atoms with van der Waals surface area (Å²) in [5, 5.41) is 2.84. The van der Waals surface area contributed by atoms with Gasteiger partial charge in [0.25, 0.3) is 5.91 Å². The lowest BCUT2D eigenvalue weighted by molar-refractivity contribution is -0.127. The van der Waals surface area contributed by atoms with Crippen molar-refractivity contribution in [2.24, 2.45) is 0 Å². The van der Waals surface area contributed by atoms with Gasteiger partial charge in [0.05, 0.1) is 5.56 Å². The molecule has 0 fully saturated rings. The van der Waals surface area contributed by atoms with E-state index in [0.717, 1.165) is 10.9 Å². The van der Waals surface area contributed by atoms with Crippen LogP contribution in [0.5, 0.6) is 5.75 Å². The van der Waals surface area contributed by atoms with Crippen molar-refractivity contribution in [1.29, 1.82) is 0 Å². The van der Waals surface area contributed by atoms with Crippen LogP contribution in [0.1, 0.15) is 37.6 Å². The van der Waals surface area contributed by atoms with Gasteiger partial charge in [-0.2, -0.15) is 0 Å². The molecule has 104 valence electrons. The number of nitrogens with one attached hydrogen (secondary N) is 1. The average molecular weight is 328 g/mol. The van der Waals surface area contributed by atoms with Crippen molar-refractivity contribution in [3.05, 3.63) is 28.2 Å².